The van der Waals surface area contributed by atoms with Crippen LogP contribution >= 0.6 is 0 Å². The molecule has 0 fully saturated rings. The van der Waals surface area contributed by atoms with E-state index in [9.17, 15) is 13.2 Å². The third-order valence-corrected chi connectivity index (χ3v) is 4.16. The Morgan fingerprint density at radius 2 is 1.90 bits per heavy atom. The fraction of sp³-hybridized carbons (Fsp3) is 0.357. The molecular weight excluding hydrogens is 292 g/mol. The van der Waals surface area contributed by atoms with Crippen LogP contribution in [0.1, 0.15) is 18.9 Å². The Hall–Kier alpha value is -1.70. The third-order valence-electron chi connectivity index (χ3n) is 2.68. The predicted octanol–water partition coefficient (Wildman–Crippen LogP) is 1.06. The first-order valence-corrected chi connectivity index (χ1v) is 8.15. The van der Waals surface area contributed by atoms with E-state index in [0.29, 0.717) is 18.5 Å². The summed E-state index contributed by atoms with van der Waals surface area (Å²) in [6.07, 6.45) is 3.12. The van der Waals surface area contributed by atoms with Gasteiger partial charge in [-0.05, 0) is 43.3 Å². The van der Waals surface area contributed by atoms with Gasteiger partial charge in [0.2, 0.25) is 10.0 Å². The van der Waals surface area contributed by atoms with Crippen molar-refractivity contribution in [3.63, 3.8) is 0 Å². The number of hydrogen-bond acceptors (Lipinski definition) is 4. The normalized spacial score (nSPS) is 11.9. The highest BCUT2D eigenvalue weighted by Gasteiger charge is 2.12. The maximum Gasteiger partial charge on any atom is 0.328 e. The molecule has 0 spiro atoms. The summed E-state index contributed by atoms with van der Waals surface area (Å²) in [7, 11) is -3.51. The molecule has 0 amide bonds. The van der Waals surface area contributed by atoms with Gasteiger partial charge in [0.05, 0.1) is 4.90 Å². The first-order valence-electron chi connectivity index (χ1n) is 6.67. The number of aliphatic carboxylic acids is 1. The second kappa shape index (κ2) is 8.56. The second-order valence-electron chi connectivity index (χ2n) is 4.35. The third kappa shape index (κ3) is 6.52. The van der Waals surface area contributed by atoms with Gasteiger partial charge in [-0.2, -0.15) is 0 Å². The minimum Gasteiger partial charge on any atom is -0.478 e. The van der Waals surface area contributed by atoms with Crippen LogP contribution in [0.2, 0.25) is 0 Å². The Kier molecular flexibility index (Phi) is 7.07. The van der Waals surface area contributed by atoms with E-state index in [-0.39, 0.29) is 4.90 Å². The van der Waals surface area contributed by atoms with Crippen molar-refractivity contribution < 1.29 is 18.3 Å². The lowest BCUT2D eigenvalue weighted by Crippen LogP contribution is -2.27. The maximum absolute atomic E-state index is 12.0. The van der Waals surface area contributed by atoms with Gasteiger partial charge in [0.1, 0.15) is 0 Å². The monoisotopic (exact) mass is 312 g/mol. The van der Waals surface area contributed by atoms with E-state index in [1.54, 1.807) is 12.1 Å². The van der Waals surface area contributed by atoms with E-state index in [0.717, 1.165) is 19.2 Å². The van der Waals surface area contributed by atoms with Crippen LogP contribution in [0.25, 0.3) is 6.08 Å². The highest BCUT2D eigenvalue weighted by Crippen LogP contribution is 2.11. The van der Waals surface area contributed by atoms with E-state index < -0.39 is 16.0 Å². The highest BCUT2D eigenvalue weighted by molar-refractivity contribution is 7.89. The SMILES string of the molecule is CCNCCCNS(=O)(=O)c1ccc(C=CC(=O)O)cc1. The molecule has 0 saturated carbocycles. The number of carbonyl (C=O) groups is 1. The zero-order valence-corrected chi connectivity index (χ0v) is 12.7. The van der Waals surface area contributed by atoms with Gasteiger partial charge in [-0.3, -0.25) is 0 Å². The minimum absolute atomic E-state index is 0.165. The average Bonchev–Trinajstić information content (AvgIpc) is 2.45. The molecule has 6 nitrogen and oxygen atoms in total. The fourth-order valence-electron chi connectivity index (χ4n) is 1.61. The highest BCUT2D eigenvalue weighted by atomic mass is 32.2. The van der Waals surface area contributed by atoms with Crippen molar-refractivity contribution >= 4 is 22.1 Å². The summed E-state index contributed by atoms with van der Waals surface area (Å²) >= 11 is 0. The summed E-state index contributed by atoms with van der Waals surface area (Å²) in [5.74, 6) is -1.05. The van der Waals surface area contributed by atoms with E-state index in [1.807, 2.05) is 6.92 Å². The number of benzene rings is 1. The first-order chi connectivity index (χ1) is 9.95. The standard InChI is InChI=1S/C14H20N2O4S/c1-2-15-10-3-11-16-21(19,20)13-7-4-12(5-8-13)6-9-14(17)18/h4-9,15-16H,2-3,10-11H2,1H3,(H,17,18). The molecule has 116 valence electrons. The van der Waals surface area contributed by atoms with Crippen LogP contribution in [0.5, 0.6) is 0 Å². The molecule has 1 rings (SSSR count). The predicted molar refractivity (Wildman–Crippen MR) is 81.5 cm³/mol. The van der Waals surface area contributed by atoms with Crippen LogP contribution < -0.4 is 10.0 Å². The fourth-order valence-corrected chi connectivity index (χ4v) is 2.68. The van der Waals surface area contributed by atoms with Crippen LogP contribution in [-0.2, 0) is 14.8 Å². The Labute approximate surface area is 124 Å². The lowest BCUT2D eigenvalue weighted by Gasteiger charge is -2.07. The number of carboxylic acids is 1. The minimum atomic E-state index is -3.51. The molecule has 0 bridgehead atoms. The summed E-state index contributed by atoms with van der Waals surface area (Å²) in [4.78, 5) is 10.6. The Morgan fingerprint density at radius 3 is 2.48 bits per heavy atom. The lowest BCUT2D eigenvalue weighted by atomic mass is 10.2. The van der Waals surface area contributed by atoms with Crippen molar-refractivity contribution in [1.29, 1.82) is 0 Å². The molecule has 1 aromatic carbocycles. The van der Waals surface area contributed by atoms with Crippen LogP contribution in [0.15, 0.2) is 35.2 Å². The number of sulfonamides is 1. The number of hydrogen-bond donors (Lipinski definition) is 3. The van der Waals surface area contributed by atoms with Crippen molar-refractivity contribution in [2.75, 3.05) is 19.6 Å². The molecule has 0 aliphatic carbocycles. The van der Waals surface area contributed by atoms with Crippen molar-refractivity contribution in [3.8, 4) is 0 Å². The van der Waals surface area contributed by atoms with Gasteiger partial charge >= 0.3 is 5.97 Å². The first kappa shape index (κ1) is 17.4. The van der Waals surface area contributed by atoms with Gasteiger partial charge < -0.3 is 10.4 Å². The lowest BCUT2D eigenvalue weighted by molar-refractivity contribution is -0.131. The Balaban J connectivity index is 2.61. The van der Waals surface area contributed by atoms with Crippen LogP contribution in [0.3, 0.4) is 0 Å². The van der Waals surface area contributed by atoms with Gasteiger partial charge in [0, 0.05) is 12.6 Å². The van der Waals surface area contributed by atoms with Gasteiger partial charge in [-0.25, -0.2) is 17.9 Å². The Morgan fingerprint density at radius 1 is 1.24 bits per heavy atom. The summed E-state index contributed by atoms with van der Waals surface area (Å²) in [5, 5.41) is 11.6. The molecule has 3 N–H and O–H groups in total. The largest absolute Gasteiger partial charge is 0.478 e. The number of nitrogens with one attached hydrogen (secondary N) is 2. The smallest absolute Gasteiger partial charge is 0.328 e. The molecule has 1 aromatic rings. The summed E-state index contributed by atoms with van der Waals surface area (Å²) < 4.78 is 26.5. The van der Waals surface area contributed by atoms with Crippen molar-refractivity contribution in [2.24, 2.45) is 0 Å². The van der Waals surface area contributed by atoms with Gasteiger partial charge in [-0.1, -0.05) is 19.1 Å². The van der Waals surface area contributed by atoms with E-state index in [2.05, 4.69) is 10.0 Å². The molecule has 0 unspecified atom stereocenters. The van der Waals surface area contributed by atoms with Crippen LogP contribution in [-0.4, -0.2) is 39.1 Å². The van der Waals surface area contributed by atoms with Gasteiger partial charge in [0.25, 0.3) is 0 Å². The van der Waals surface area contributed by atoms with Gasteiger partial charge in [-0.15, -0.1) is 0 Å². The molecule has 21 heavy (non-hydrogen) atoms. The maximum atomic E-state index is 12.0. The van der Waals surface area contributed by atoms with Crippen molar-refractivity contribution in [2.45, 2.75) is 18.2 Å². The van der Waals surface area contributed by atoms with Gasteiger partial charge in [0.15, 0.2) is 0 Å². The van der Waals surface area contributed by atoms with E-state index >= 15 is 0 Å². The second-order valence-corrected chi connectivity index (χ2v) is 6.11. The molecule has 7 heteroatoms. The quantitative estimate of drug-likeness (QED) is 0.468. The number of rotatable bonds is 9. The zero-order valence-electron chi connectivity index (χ0n) is 11.9. The molecule has 0 aromatic heterocycles. The molecular formula is C14H20N2O4S. The molecule has 0 aliphatic rings. The topological polar surface area (TPSA) is 95.5 Å². The van der Waals surface area contributed by atoms with E-state index in [1.165, 1.54) is 18.2 Å². The summed E-state index contributed by atoms with van der Waals surface area (Å²) in [5.41, 5.74) is 0.628. The number of carboxylic acid groups (broad SMARTS) is 1. The average molecular weight is 312 g/mol. The summed E-state index contributed by atoms with van der Waals surface area (Å²) in [6.45, 7) is 3.98. The molecule has 0 heterocycles. The Bertz CT molecular complexity index is 579. The van der Waals surface area contributed by atoms with Crippen molar-refractivity contribution in [1.82, 2.24) is 10.0 Å². The van der Waals surface area contributed by atoms with Crippen molar-refractivity contribution in [3.05, 3.63) is 35.9 Å². The molecule has 0 saturated heterocycles. The molecule has 0 aliphatic heterocycles. The molecule has 0 radical (unpaired) electrons. The zero-order chi connectivity index (χ0) is 15.7. The molecule has 0 atom stereocenters. The van der Waals surface area contributed by atoms with Crippen LogP contribution in [0, 0.1) is 0 Å². The van der Waals surface area contributed by atoms with Crippen LogP contribution in [0.4, 0.5) is 0 Å². The van der Waals surface area contributed by atoms with E-state index in [4.69, 9.17) is 5.11 Å². The summed E-state index contributed by atoms with van der Waals surface area (Å²) in [6, 6.07) is 6.03.